The van der Waals surface area contributed by atoms with Crippen molar-refractivity contribution in [2.24, 2.45) is 5.92 Å². The van der Waals surface area contributed by atoms with E-state index < -0.39 is 24.1 Å². The molecule has 0 fully saturated rings. The molecule has 0 aromatic heterocycles. The van der Waals surface area contributed by atoms with Gasteiger partial charge in [0.25, 0.3) is 5.91 Å². The highest BCUT2D eigenvalue weighted by Gasteiger charge is 2.26. The number of rotatable bonds is 8. The summed E-state index contributed by atoms with van der Waals surface area (Å²) in [6.45, 7) is 3.53. The fourth-order valence-electron chi connectivity index (χ4n) is 1.74. The first-order valence-corrected chi connectivity index (χ1v) is 7.18. The van der Waals surface area contributed by atoms with Gasteiger partial charge in [-0.25, -0.2) is 4.79 Å². The normalized spacial score (nSPS) is 13.5. The maximum Gasteiger partial charge on any atom is 0.334 e. The molecule has 122 valence electrons. The number of ether oxygens (including phenoxy) is 2. The molecule has 0 heterocycles. The lowest BCUT2D eigenvalue weighted by atomic mass is 10.1. The Morgan fingerprint density at radius 2 is 2.05 bits per heavy atom. The molecule has 6 nitrogen and oxygen atoms in total. The summed E-state index contributed by atoms with van der Waals surface area (Å²) in [4.78, 5) is 23.1. The SMILES string of the molecule is COC(CNC(=O)C(Oc1cccc(Cl)c1)C(C)C)C(=O)O. The van der Waals surface area contributed by atoms with Crippen LogP contribution in [0.5, 0.6) is 5.75 Å². The average Bonchev–Trinajstić information content (AvgIpc) is 2.44. The van der Waals surface area contributed by atoms with E-state index in [0.29, 0.717) is 10.8 Å². The van der Waals surface area contributed by atoms with Crippen LogP contribution < -0.4 is 10.1 Å². The molecule has 0 aliphatic heterocycles. The van der Waals surface area contributed by atoms with Crippen LogP contribution in [0.1, 0.15) is 13.8 Å². The van der Waals surface area contributed by atoms with Gasteiger partial charge in [-0.05, 0) is 24.1 Å². The molecular weight excluding hydrogens is 310 g/mol. The minimum atomic E-state index is -1.14. The summed E-state index contributed by atoms with van der Waals surface area (Å²) >= 11 is 5.88. The summed E-state index contributed by atoms with van der Waals surface area (Å²) in [6.07, 6.45) is -1.85. The van der Waals surface area contributed by atoms with Gasteiger partial charge in [0.05, 0.1) is 6.54 Å². The molecule has 0 saturated heterocycles. The number of methoxy groups -OCH3 is 1. The number of nitrogens with one attached hydrogen (secondary N) is 1. The molecule has 7 heteroatoms. The number of hydrogen-bond donors (Lipinski definition) is 2. The molecule has 0 bridgehead atoms. The van der Waals surface area contributed by atoms with Crippen molar-refractivity contribution in [2.45, 2.75) is 26.1 Å². The Kier molecular flexibility index (Phi) is 7.14. The largest absolute Gasteiger partial charge is 0.480 e. The van der Waals surface area contributed by atoms with Gasteiger partial charge in [0.2, 0.25) is 0 Å². The second-order valence-electron chi connectivity index (χ2n) is 5.05. The van der Waals surface area contributed by atoms with Gasteiger partial charge < -0.3 is 19.9 Å². The average molecular weight is 330 g/mol. The van der Waals surface area contributed by atoms with Gasteiger partial charge in [0.15, 0.2) is 12.2 Å². The number of halogens is 1. The van der Waals surface area contributed by atoms with Crippen molar-refractivity contribution in [3.63, 3.8) is 0 Å². The molecule has 0 aliphatic carbocycles. The molecule has 0 aliphatic rings. The summed E-state index contributed by atoms with van der Waals surface area (Å²) in [5, 5.41) is 11.9. The lowest BCUT2D eigenvalue weighted by Crippen LogP contribution is -2.46. The second kappa shape index (κ2) is 8.60. The number of aliphatic carboxylic acids is 1. The second-order valence-corrected chi connectivity index (χ2v) is 5.48. The number of benzene rings is 1. The van der Waals surface area contributed by atoms with Crippen molar-refractivity contribution in [1.29, 1.82) is 0 Å². The van der Waals surface area contributed by atoms with E-state index in [2.05, 4.69) is 5.32 Å². The molecule has 1 rings (SSSR count). The minimum Gasteiger partial charge on any atom is -0.480 e. The highest BCUT2D eigenvalue weighted by atomic mass is 35.5. The predicted molar refractivity (Wildman–Crippen MR) is 82.1 cm³/mol. The maximum atomic E-state index is 12.2. The van der Waals surface area contributed by atoms with Gasteiger partial charge in [-0.15, -0.1) is 0 Å². The molecule has 0 radical (unpaired) electrons. The van der Waals surface area contributed by atoms with E-state index in [1.54, 1.807) is 24.3 Å². The van der Waals surface area contributed by atoms with Crippen LogP contribution in [0.3, 0.4) is 0 Å². The van der Waals surface area contributed by atoms with Crippen molar-refractivity contribution in [2.75, 3.05) is 13.7 Å². The van der Waals surface area contributed by atoms with Crippen molar-refractivity contribution >= 4 is 23.5 Å². The van der Waals surface area contributed by atoms with E-state index in [0.717, 1.165) is 0 Å². The zero-order valence-electron chi connectivity index (χ0n) is 12.7. The molecule has 2 unspecified atom stereocenters. The van der Waals surface area contributed by atoms with Crippen LogP contribution in [-0.2, 0) is 14.3 Å². The van der Waals surface area contributed by atoms with Crippen LogP contribution in [0.25, 0.3) is 0 Å². The number of carboxylic acid groups (broad SMARTS) is 1. The molecular formula is C15H20ClNO5. The first-order valence-electron chi connectivity index (χ1n) is 6.80. The van der Waals surface area contributed by atoms with Gasteiger partial charge in [-0.3, -0.25) is 4.79 Å². The summed E-state index contributed by atoms with van der Waals surface area (Å²) in [5.74, 6) is -1.18. The Labute approximate surface area is 134 Å². The Morgan fingerprint density at radius 1 is 1.36 bits per heavy atom. The van der Waals surface area contributed by atoms with Crippen molar-refractivity contribution in [1.82, 2.24) is 5.32 Å². The Morgan fingerprint density at radius 3 is 2.55 bits per heavy atom. The Hall–Kier alpha value is -1.79. The van der Waals surface area contributed by atoms with Crippen LogP contribution in [0, 0.1) is 5.92 Å². The Balaban J connectivity index is 2.70. The van der Waals surface area contributed by atoms with Crippen molar-refractivity contribution in [3.8, 4) is 5.75 Å². The lowest BCUT2D eigenvalue weighted by molar-refractivity contribution is -0.148. The Bertz CT molecular complexity index is 520. The van der Waals surface area contributed by atoms with Crippen molar-refractivity contribution in [3.05, 3.63) is 29.3 Å². The first kappa shape index (κ1) is 18.3. The molecule has 0 spiro atoms. The quantitative estimate of drug-likeness (QED) is 0.761. The van der Waals surface area contributed by atoms with E-state index in [9.17, 15) is 9.59 Å². The van der Waals surface area contributed by atoms with E-state index >= 15 is 0 Å². The number of carboxylic acids is 1. The summed E-state index contributed by atoms with van der Waals surface area (Å²) in [6, 6.07) is 6.73. The van der Waals surface area contributed by atoms with Crippen molar-refractivity contribution < 1.29 is 24.2 Å². The molecule has 2 N–H and O–H groups in total. The van der Waals surface area contributed by atoms with Gasteiger partial charge in [-0.2, -0.15) is 0 Å². The number of hydrogen-bond acceptors (Lipinski definition) is 4. The summed E-state index contributed by atoms with van der Waals surface area (Å²) in [7, 11) is 1.27. The standard InChI is InChI=1S/C15H20ClNO5/c1-9(2)13(22-11-6-4-5-10(16)7-11)14(18)17-8-12(21-3)15(19)20/h4-7,9,12-13H,8H2,1-3H3,(H,17,18)(H,19,20). The third kappa shape index (κ3) is 5.54. The highest BCUT2D eigenvalue weighted by molar-refractivity contribution is 6.30. The fraction of sp³-hybridized carbons (Fsp3) is 0.467. The zero-order valence-corrected chi connectivity index (χ0v) is 13.5. The number of carbonyl (C=O) groups excluding carboxylic acids is 1. The van der Waals surface area contributed by atoms with Gasteiger partial charge in [0.1, 0.15) is 5.75 Å². The zero-order chi connectivity index (χ0) is 16.7. The van der Waals surface area contributed by atoms with Crippen LogP contribution in [0.4, 0.5) is 0 Å². The number of carbonyl (C=O) groups is 2. The highest BCUT2D eigenvalue weighted by Crippen LogP contribution is 2.20. The molecule has 0 saturated carbocycles. The predicted octanol–water partition coefficient (Wildman–Crippen LogP) is 1.96. The van der Waals surface area contributed by atoms with Gasteiger partial charge in [0, 0.05) is 12.1 Å². The van der Waals surface area contributed by atoms with E-state index in [4.69, 9.17) is 26.2 Å². The third-order valence-electron chi connectivity index (χ3n) is 2.94. The fourth-order valence-corrected chi connectivity index (χ4v) is 1.92. The molecule has 22 heavy (non-hydrogen) atoms. The minimum absolute atomic E-state index is 0.107. The lowest BCUT2D eigenvalue weighted by Gasteiger charge is -2.22. The van der Waals surface area contributed by atoms with E-state index in [-0.39, 0.29) is 12.5 Å². The molecule has 1 aromatic carbocycles. The van der Waals surface area contributed by atoms with Crippen LogP contribution in [-0.4, -0.2) is 42.8 Å². The molecule has 1 aromatic rings. The van der Waals surface area contributed by atoms with E-state index in [1.165, 1.54) is 7.11 Å². The van der Waals surface area contributed by atoms with Gasteiger partial charge in [-0.1, -0.05) is 31.5 Å². The van der Waals surface area contributed by atoms with Crippen LogP contribution in [0.15, 0.2) is 24.3 Å². The summed E-state index contributed by atoms with van der Waals surface area (Å²) in [5.41, 5.74) is 0. The van der Waals surface area contributed by atoms with Gasteiger partial charge >= 0.3 is 5.97 Å². The first-order chi connectivity index (χ1) is 10.3. The topological polar surface area (TPSA) is 84.9 Å². The van der Waals surface area contributed by atoms with Crippen LogP contribution in [0.2, 0.25) is 5.02 Å². The smallest absolute Gasteiger partial charge is 0.334 e. The molecule has 1 amide bonds. The van der Waals surface area contributed by atoms with E-state index in [1.807, 2.05) is 13.8 Å². The summed E-state index contributed by atoms with van der Waals surface area (Å²) < 4.78 is 10.4. The maximum absolute atomic E-state index is 12.2. The molecule has 2 atom stereocenters. The monoisotopic (exact) mass is 329 g/mol. The van der Waals surface area contributed by atoms with Crippen LogP contribution >= 0.6 is 11.6 Å². The number of amides is 1. The third-order valence-corrected chi connectivity index (χ3v) is 3.18.